The molecular weight excluding hydrogens is 553 g/mol. The highest BCUT2D eigenvalue weighted by atomic mass is 32.2. The van der Waals surface area contributed by atoms with Crippen LogP contribution < -0.4 is 15.5 Å². The summed E-state index contributed by atoms with van der Waals surface area (Å²) in [5.74, 6) is -1.51. The molecule has 4 rings (SSSR count). The molecule has 1 aliphatic heterocycles. The van der Waals surface area contributed by atoms with Crippen LogP contribution in [0.5, 0.6) is 5.75 Å². The summed E-state index contributed by atoms with van der Waals surface area (Å²) in [6.07, 6.45) is -0.779. The molecule has 0 bridgehead atoms. The van der Waals surface area contributed by atoms with Crippen LogP contribution in [0.2, 0.25) is 0 Å². The third kappa shape index (κ3) is 7.54. The summed E-state index contributed by atoms with van der Waals surface area (Å²) >= 11 is 2.20. The van der Waals surface area contributed by atoms with Crippen molar-refractivity contribution >= 4 is 46.4 Å². The molecule has 0 spiro atoms. The summed E-state index contributed by atoms with van der Waals surface area (Å²) in [5, 5.41) is 7.76. The molecule has 2 aromatic heterocycles. The van der Waals surface area contributed by atoms with Crippen LogP contribution in [0.3, 0.4) is 0 Å². The molecule has 13 heteroatoms. The first-order valence-electron chi connectivity index (χ1n) is 11.5. The van der Waals surface area contributed by atoms with Gasteiger partial charge in [-0.25, -0.2) is 5.43 Å². The maximum absolute atomic E-state index is 12.9. The molecule has 3 aromatic rings. The van der Waals surface area contributed by atoms with Crippen molar-refractivity contribution in [2.75, 3.05) is 6.54 Å². The quantitative estimate of drug-likeness (QED) is 0.273. The number of thioether (sulfide) groups is 1. The van der Waals surface area contributed by atoms with Crippen molar-refractivity contribution in [1.29, 1.82) is 0 Å². The van der Waals surface area contributed by atoms with E-state index in [2.05, 4.69) is 25.6 Å². The number of pyridine rings is 1. The van der Waals surface area contributed by atoms with E-state index in [1.807, 2.05) is 12.1 Å². The Bertz CT molecular complexity index is 1420. The van der Waals surface area contributed by atoms with E-state index in [0.717, 1.165) is 29.0 Å². The van der Waals surface area contributed by atoms with Gasteiger partial charge in [-0.05, 0) is 60.2 Å². The summed E-state index contributed by atoms with van der Waals surface area (Å²) < 4.78 is 41.0. The van der Waals surface area contributed by atoms with E-state index in [-0.39, 0.29) is 33.6 Å². The first kappa shape index (κ1) is 28.0. The number of nitrogens with one attached hydrogen (secondary N) is 2. The zero-order valence-corrected chi connectivity index (χ0v) is 22.0. The van der Waals surface area contributed by atoms with Crippen molar-refractivity contribution in [3.63, 3.8) is 0 Å². The summed E-state index contributed by atoms with van der Waals surface area (Å²) in [5.41, 5.74) is 4.44. The highest BCUT2D eigenvalue weighted by Crippen LogP contribution is 2.40. The van der Waals surface area contributed by atoms with Crippen LogP contribution in [-0.2, 0) is 11.2 Å². The summed E-state index contributed by atoms with van der Waals surface area (Å²) in [6, 6.07) is 11.9. The third-order valence-corrected chi connectivity index (χ3v) is 7.65. The van der Waals surface area contributed by atoms with Crippen LogP contribution in [0.4, 0.5) is 13.2 Å². The van der Waals surface area contributed by atoms with Gasteiger partial charge in [-0.1, -0.05) is 18.2 Å². The number of hydrazone groups is 1. The molecule has 3 heterocycles. The molecule has 202 valence electrons. The normalized spacial score (nSPS) is 15.6. The summed E-state index contributed by atoms with van der Waals surface area (Å²) in [6.45, 7) is 1.98. The molecule has 1 atom stereocenters. The van der Waals surface area contributed by atoms with E-state index in [1.165, 1.54) is 30.0 Å². The van der Waals surface area contributed by atoms with E-state index in [1.54, 1.807) is 30.8 Å². The van der Waals surface area contributed by atoms with Crippen molar-refractivity contribution < 1.29 is 32.3 Å². The number of hydrogen-bond acceptors (Lipinski definition) is 8. The molecule has 2 amide bonds. The van der Waals surface area contributed by atoms with Gasteiger partial charge >= 0.3 is 6.36 Å². The Morgan fingerprint density at radius 1 is 1.08 bits per heavy atom. The zero-order valence-electron chi connectivity index (χ0n) is 20.3. The lowest BCUT2D eigenvalue weighted by atomic mass is 10.0. The predicted molar refractivity (Wildman–Crippen MR) is 142 cm³/mol. The molecule has 0 radical (unpaired) electrons. The lowest BCUT2D eigenvalue weighted by molar-refractivity contribution is -0.274. The number of halogens is 3. The Morgan fingerprint density at radius 2 is 1.79 bits per heavy atom. The lowest BCUT2D eigenvalue weighted by Crippen LogP contribution is -2.24. The van der Waals surface area contributed by atoms with Crippen molar-refractivity contribution in [3.05, 3.63) is 92.8 Å². The van der Waals surface area contributed by atoms with Gasteiger partial charge in [-0.3, -0.25) is 19.4 Å². The fourth-order valence-electron chi connectivity index (χ4n) is 3.52. The van der Waals surface area contributed by atoms with Crippen LogP contribution >= 0.6 is 23.1 Å². The van der Waals surface area contributed by atoms with Crippen LogP contribution in [0.15, 0.2) is 77.0 Å². The van der Waals surface area contributed by atoms with E-state index in [9.17, 15) is 27.6 Å². The number of ether oxygens (including phenoxy) is 1. The van der Waals surface area contributed by atoms with E-state index < -0.39 is 17.5 Å². The number of Topliss-reactive ketones (excluding diaryl/α,β-unsaturated/α-hetero) is 1. The minimum Gasteiger partial charge on any atom is -0.406 e. The zero-order chi connectivity index (χ0) is 28.0. The number of nitrogens with zero attached hydrogens (tertiary/aromatic N) is 2. The summed E-state index contributed by atoms with van der Waals surface area (Å²) in [4.78, 5) is 42.5. The number of allylic oxidation sites excluding steroid dienone is 1. The van der Waals surface area contributed by atoms with Gasteiger partial charge in [0.2, 0.25) is 0 Å². The minimum atomic E-state index is -4.80. The average Bonchev–Trinajstić information content (AvgIpc) is 3.55. The molecule has 1 unspecified atom stereocenters. The summed E-state index contributed by atoms with van der Waals surface area (Å²) in [7, 11) is 0. The molecular formula is C26H21F3N4O4S2. The minimum absolute atomic E-state index is 0.268. The number of benzene rings is 1. The number of aromatic nitrogens is 1. The number of ketones is 1. The van der Waals surface area contributed by atoms with Crippen molar-refractivity contribution in [1.82, 2.24) is 15.7 Å². The second-order valence-electron chi connectivity index (χ2n) is 8.20. The molecule has 0 fully saturated rings. The molecule has 39 heavy (non-hydrogen) atoms. The first-order valence-corrected chi connectivity index (χ1v) is 13.2. The molecule has 1 aliphatic rings. The highest BCUT2D eigenvalue weighted by molar-refractivity contribution is 8.03. The van der Waals surface area contributed by atoms with Crippen molar-refractivity contribution in [2.24, 2.45) is 5.10 Å². The molecule has 0 aliphatic carbocycles. The Morgan fingerprint density at radius 3 is 2.46 bits per heavy atom. The number of carbonyl (C=O) groups is 3. The number of rotatable bonds is 9. The number of carbonyl (C=O) groups excluding carboxylic acids is 3. The van der Waals surface area contributed by atoms with Gasteiger partial charge in [0.05, 0.1) is 20.7 Å². The smallest absolute Gasteiger partial charge is 0.406 e. The van der Waals surface area contributed by atoms with Crippen LogP contribution in [0.25, 0.3) is 0 Å². The van der Waals surface area contributed by atoms with Crippen molar-refractivity contribution in [3.8, 4) is 5.75 Å². The molecule has 0 saturated carbocycles. The van der Waals surface area contributed by atoms with Gasteiger partial charge in [-0.2, -0.15) is 5.10 Å². The van der Waals surface area contributed by atoms with E-state index >= 15 is 0 Å². The van der Waals surface area contributed by atoms with Gasteiger partial charge < -0.3 is 10.1 Å². The van der Waals surface area contributed by atoms with Crippen LogP contribution in [0.1, 0.15) is 42.6 Å². The number of hydrogen-bond donors (Lipinski definition) is 2. The van der Waals surface area contributed by atoms with Gasteiger partial charge in [-0.15, -0.1) is 36.3 Å². The van der Waals surface area contributed by atoms with E-state index in [4.69, 9.17) is 0 Å². The van der Waals surface area contributed by atoms with Crippen molar-refractivity contribution in [2.45, 2.75) is 25.0 Å². The molecule has 8 nitrogen and oxygen atoms in total. The molecule has 0 saturated heterocycles. The SMILES string of the molecule is C/C(=N\NC(=O)c1ccc(C(=O)NCCc2cccnc2)s1)C1=CSC(c2ccc(OC(F)(F)F)cc2)C1=O. The number of alkyl halides is 3. The Labute approximate surface area is 229 Å². The topological polar surface area (TPSA) is 110 Å². The largest absolute Gasteiger partial charge is 0.573 e. The Hall–Kier alpha value is -3.97. The fourth-order valence-corrected chi connectivity index (χ4v) is 5.46. The second-order valence-corrected chi connectivity index (χ2v) is 10.3. The highest BCUT2D eigenvalue weighted by Gasteiger charge is 2.33. The first-order chi connectivity index (χ1) is 18.6. The van der Waals surface area contributed by atoms with Gasteiger partial charge in [0.1, 0.15) is 5.75 Å². The second kappa shape index (κ2) is 12.3. The van der Waals surface area contributed by atoms with Crippen LogP contribution in [-0.4, -0.2) is 41.2 Å². The standard InChI is InChI=1S/C26H21F3N4O4S2/c1-15(19-14-38-23(22(19)34)17-4-6-18(7-5-17)37-26(27,28)29)32-33-25(36)21-9-8-20(39-21)24(35)31-12-10-16-3-2-11-30-13-16/h2-9,11,13-14,23H,10,12H2,1H3,(H,31,35)(H,33,36)/b32-15+. The fraction of sp³-hybridized carbons (Fsp3) is 0.192. The third-order valence-electron chi connectivity index (χ3n) is 5.43. The molecule has 1 aromatic carbocycles. The predicted octanol–water partition coefficient (Wildman–Crippen LogP) is 5.06. The van der Waals surface area contributed by atoms with Crippen LogP contribution in [0, 0.1) is 0 Å². The van der Waals surface area contributed by atoms with E-state index in [0.29, 0.717) is 23.4 Å². The van der Waals surface area contributed by atoms with Gasteiger partial charge in [0, 0.05) is 24.5 Å². The maximum atomic E-state index is 12.9. The average molecular weight is 575 g/mol. The monoisotopic (exact) mass is 574 g/mol. The lowest BCUT2D eigenvalue weighted by Gasteiger charge is -2.12. The molecule has 2 N–H and O–H groups in total. The van der Waals surface area contributed by atoms with Gasteiger partial charge in [0.15, 0.2) is 5.78 Å². The Balaban J connectivity index is 1.29. The maximum Gasteiger partial charge on any atom is 0.573 e. The Kier molecular flexibility index (Phi) is 8.82. The number of thiophene rings is 1. The number of amides is 2. The van der Waals surface area contributed by atoms with Gasteiger partial charge in [0.25, 0.3) is 11.8 Å².